The molecule has 2 saturated heterocycles. The molecule has 2 aliphatic heterocycles. The second-order valence-electron chi connectivity index (χ2n) is 9.54. The molecule has 1 aromatic carbocycles. The molecule has 2 fully saturated rings. The number of nitrogens with one attached hydrogen (secondary N) is 1. The molecule has 12 heteroatoms. The number of methoxy groups -OCH3 is 1. The van der Waals surface area contributed by atoms with Gasteiger partial charge in [0.05, 0.1) is 5.69 Å². The van der Waals surface area contributed by atoms with Crippen molar-refractivity contribution in [3.8, 4) is 28.1 Å². The van der Waals surface area contributed by atoms with Gasteiger partial charge in [-0.15, -0.1) is 10.2 Å². The molecule has 200 valence electrons. The van der Waals surface area contributed by atoms with Crippen molar-refractivity contribution in [2.24, 2.45) is 0 Å². The second-order valence-corrected chi connectivity index (χ2v) is 9.54. The van der Waals surface area contributed by atoms with E-state index in [1.807, 2.05) is 12.1 Å². The predicted octanol–water partition coefficient (Wildman–Crippen LogP) is 3.84. The van der Waals surface area contributed by atoms with Crippen molar-refractivity contribution in [2.75, 3.05) is 25.9 Å². The summed E-state index contributed by atoms with van der Waals surface area (Å²) in [6.07, 6.45) is 0.0985. The minimum absolute atomic E-state index is 0.00207. The van der Waals surface area contributed by atoms with Crippen LogP contribution in [0, 0.1) is 0 Å². The first-order chi connectivity index (χ1) is 18.2. The number of anilines is 1. The molecule has 2 aromatic heterocycles. The number of aromatic amines is 1. The highest BCUT2D eigenvalue weighted by Gasteiger charge is 2.59. The Morgan fingerprint density at radius 3 is 2.63 bits per heavy atom. The van der Waals surface area contributed by atoms with Gasteiger partial charge in [-0.25, -0.2) is 13.6 Å². The standard InChI is InChI=1S/C26H27F2N5O5/c1-32(17-11-18-13-26(27,28)22(12-17)33(18)25(35)36)23-6-5-20(30-31-23)19-4-3-15(9-21(19)38-14-37-2)16-7-8-29-24(34)10-16/h3-10,17-18,22H,11-14H2,1-2H3,(H,29,34)(H,35,36)/t17-,18+,22-/m1/s1. The number of rotatable bonds is 7. The molecule has 2 bridgehead atoms. The molecule has 0 spiro atoms. The van der Waals surface area contributed by atoms with Crippen molar-refractivity contribution in [1.29, 1.82) is 0 Å². The lowest BCUT2D eigenvalue weighted by atomic mass is 9.96. The van der Waals surface area contributed by atoms with E-state index in [0.717, 1.165) is 16.0 Å². The van der Waals surface area contributed by atoms with Crippen molar-refractivity contribution in [3.63, 3.8) is 0 Å². The zero-order valence-corrected chi connectivity index (χ0v) is 20.8. The van der Waals surface area contributed by atoms with Crippen LogP contribution in [0.15, 0.2) is 53.5 Å². The minimum atomic E-state index is -3.05. The number of carbonyl (C=O) groups is 1. The van der Waals surface area contributed by atoms with Gasteiger partial charge in [0.15, 0.2) is 12.6 Å². The molecule has 38 heavy (non-hydrogen) atoms. The smallest absolute Gasteiger partial charge is 0.408 e. The Labute approximate surface area is 216 Å². The molecular formula is C26H27F2N5O5. The van der Waals surface area contributed by atoms with E-state index in [9.17, 15) is 23.5 Å². The van der Waals surface area contributed by atoms with Gasteiger partial charge in [0.1, 0.15) is 11.8 Å². The molecule has 5 rings (SSSR count). The fourth-order valence-corrected chi connectivity index (χ4v) is 5.39. The summed E-state index contributed by atoms with van der Waals surface area (Å²) in [5.41, 5.74) is 2.46. The van der Waals surface area contributed by atoms with Crippen LogP contribution >= 0.6 is 0 Å². The van der Waals surface area contributed by atoms with Gasteiger partial charge in [-0.1, -0.05) is 6.07 Å². The lowest BCUT2D eigenvalue weighted by Gasteiger charge is -2.41. The van der Waals surface area contributed by atoms with Crippen molar-refractivity contribution in [2.45, 2.75) is 43.3 Å². The Kier molecular flexibility index (Phi) is 6.74. The van der Waals surface area contributed by atoms with Crippen LogP contribution in [0.4, 0.5) is 19.4 Å². The third-order valence-corrected chi connectivity index (χ3v) is 7.24. The molecule has 2 aliphatic rings. The van der Waals surface area contributed by atoms with Crippen LogP contribution < -0.4 is 15.2 Å². The maximum Gasteiger partial charge on any atom is 0.408 e. The predicted molar refractivity (Wildman–Crippen MR) is 134 cm³/mol. The zero-order valence-electron chi connectivity index (χ0n) is 20.8. The summed E-state index contributed by atoms with van der Waals surface area (Å²) >= 11 is 0. The topological polar surface area (TPSA) is 121 Å². The van der Waals surface area contributed by atoms with Crippen LogP contribution in [0.25, 0.3) is 22.4 Å². The highest BCUT2D eigenvalue weighted by molar-refractivity contribution is 5.74. The number of pyridine rings is 1. The normalized spacial score (nSPS) is 21.8. The lowest BCUT2D eigenvalue weighted by molar-refractivity contribution is -0.0363. The number of fused-ring (bicyclic) bond motifs is 2. The number of piperidine rings is 1. The van der Waals surface area contributed by atoms with E-state index in [1.54, 1.807) is 42.4 Å². The summed E-state index contributed by atoms with van der Waals surface area (Å²) in [6, 6.07) is 9.84. The average Bonchev–Trinajstić information content (AvgIpc) is 3.07. The molecule has 4 heterocycles. The zero-order chi connectivity index (χ0) is 27.0. The van der Waals surface area contributed by atoms with E-state index >= 15 is 0 Å². The van der Waals surface area contributed by atoms with E-state index < -0.39 is 30.5 Å². The minimum Gasteiger partial charge on any atom is -0.467 e. The maximum atomic E-state index is 14.5. The first-order valence-electron chi connectivity index (χ1n) is 12.1. The van der Waals surface area contributed by atoms with Gasteiger partial charge in [-0.2, -0.15) is 0 Å². The molecule has 3 atom stereocenters. The van der Waals surface area contributed by atoms with E-state index in [1.165, 1.54) is 13.2 Å². The van der Waals surface area contributed by atoms with E-state index in [0.29, 0.717) is 22.8 Å². The number of aromatic nitrogens is 3. The number of hydrogen-bond acceptors (Lipinski definition) is 7. The fourth-order valence-electron chi connectivity index (χ4n) is 5.39. The molecule has 10 nitrogen and oxygen atoms in total. The van der Waals surface area contributed by atoms with Crippen LogP contribution in [0.3, 0.4) is 0 Å². The molecule has 0 aliphatic carbocycles. The first-order valence-corrected chi connectivity index (χ1v) is 12.1. The highest BCUT2D eigenvalue weighted by atomic mass is 19.3. The number of carboxylic acid groups (broad SMARTS) is 1. The highest BCUT2D eigenvalue weighted by Crippen LogP contribution is 2.47. The Morgan fingerprint density at radius 2 is 1.97 bits per heavy atom. The van der Waals surface area contributed by atoms with Crippen LogP contribution in [0.1, 0.15) is 19.3 Å². The third-order valence-electron chi connectivity index (χ3n) is 7.24. The van der Waals surface area contributed by atoms with Gasteiger partial charge in [0.2, 0.25) is 5.56 Å². The monoisotopic (exact) mass is 527 g/mol. The maximum absolute atomic E-state index is 14.5. The summed E-state index contributed by atoms with van der Waals surface area (Å²) < 4.78 is 39.8. The Bertz CT molecular complexity index is 1380. The number of nitrogens with zero attached hydrogens (tertiary/aromatic N) is 4. The quantitative estimate of drug-likeness (QED) is 0.445. The Balaban J connectivity index is 1.38. The summed E-state index contributed by atoms with van der Waals surface area (Å²) in [7, 11) is 3.26. The summed E-state index contributed by atoms with van der Waals surface area (Å²) in [4.78, 5) is 28.6. The number of halogens is 2. The molecular weight excluding hydrogens is 500 g/mol. The molecule has 1 amide bonds. The molecule has 0 radical (unpaired) electrons. The lowest BCUT2D eigenvalue weighted by Crippen LogP contribution is -2.54. The third kappa shape index (κ3) is 4.78. The van der Waals surface area contributed by atoms with Crippen LogP contribution in [-0.4, -0.2) is 76.3 Å². The number of amides is 1. The van der Waals surface area contributed by atoms with Gasteiger partial charge in [0, 0.05) is 50.5 Å². The van der Waals surface area contributed by atoms with Gasteiger partial charge in [-0.3, -0.25) is 9.69 Å². The molecule has 2 N–H and O–H groups in total. The SMILES string of the molecule is COCOc1cc(-c2cc[nH]c(=O)c2)ccc1-c1ccc(N(C)[C@@H]2C[C@H]3CC(F)(F)[C@@H](C2)N3C(=O)O)nn1. The van der Waals surface area contributed by atoms with Crippen LogP contribution in [0.5, 0.6) is 5.75 Å². The van der Waals surface area contributed by atoms with Gasteiger partial charge >= 0.3 is 6.09 Å². The van der Waals surface area contributed by atoms with E-state index in [2.05, 4.69) is 15.2 Å². The van der Waals surface area contributed by atoms with Gasteiger partial charge in [-0.05, 0) is 54.3 Å². The van der Waals surface area contributed by atoms with Gasteiger partial charge < -0.3 is 24.5 Å². The number of ether oxygens (including phenoxy) is 2. The van der Waals surface area contributed by atoms with E-state index in [-0.39, 0.29) is 31.2 Å². The number of alkyl halides is 2. The molecule has 0 unspecified atom stereocenters. The van der Waals surface area contributed by atoms with Crippen LogP contribution in [-0.2, 0) is 4.74 Å². The summed E-state index contributed by atoms with van der Waals surface area (Å²) in [5.74, 6) is -2.07. The molecule has 3 aromatic rings. The van der Waals surface area contributed by atoms with Crippen molar-refractivity contribution in [1.82, 2.24) is 20.1 Å². The van der Waals surface area contributed by atoms with Crippen molar-refractivity contribution >= 4 is 11.9 Å². The Morgan fingerprint density at radius 1 is 1.18 bits per heavy atom. The first kappa shape index (κ1) is 25.6. The number of benzene rings is 1. The van der Waals surface area contributed by atoms with E-state index in [4.69, 9.17) is 9.47 Å². The van der Waals surface area contributed by atoms with Crippen LogP contribution in [0.2, 0.25) is 0 Å². The largest absolute Gasteiger partial charge is 0.467 e. The summed E-state index contributed by atoms with van der Waals surface area (Å²) in [6.45, 7) is 0.00207. The Hall–Kier alpha value is -4.06. The van der Waals surface area contributed by atoms with Crippen molar-refractivity contribution in [3.05, 3.63) is 59.0 Å². The summed E-state index contributed by atoms with van der Waals surface area (Å²) in [5, 5.41) is 18.1. The van der Waals surface area contributed by atoms with Crippen molar-refractivity contribution < 1.29 is 28.2 Å². The molecule has 0 saturated carbocycles. The number of H-pyrrole nitrogens is 1. The average molecular weight is 528 g/mol. The number of hydrogen-bond donors (Lipinski definition) is 2. The second kappa shape index (κ2) is 10.0. The fraction of sp³-hybridized carbons (Fsp3) is 0.385. The van der Waals surface area contributed by atoms with Gasteiger partial charge in [0.25, 0.3) is 5.92 Å².